The van der Waals surface area contributed by atoms with Gasteiger partial charge in [-0.3, -0.25) is 9.78 Å². The minimum absolute atomic E-state index is 0.164. The summed E-state index contributed by atoms with van der Waals surface area (Å²) in [4.78, 5) is 16.9. The molecular formula is C32H34N6O2. The molecule has 6 N–H and O–H groups in total. The number of anilines is 1. The number of aromatic nitrogens is 3. The largest absolute Gasteiger partial charge is 0.390 e. The summed E-state index contributed by atoms with van der Waals surface area (Å²) in [6.07, 6.45) is 5.49. The first-order valence-corrected chi connectivity index (χ1v) is 13.8. The summed E-state index contributed by atoms with van der Waals surface area (Å²) in [7, 11) is 0. The van der Waals surface area contributed by atoms with E-state index in [4.69, 9.17) is 16.6 Å². The zero-order chi connectivity index (χ0) is 27.9. The highest BCUT2D eigenvalue weighted by atomic mass is 16.3. The topological polar surface area (TPSA) is 132 Å². The van der Waals surface area contributed by atoms with Crippen LogP contribution in [0.1, 0.15) is 48.2 Å². The molecule has 1 fully saturated rings. The van der Waals surface area contributed by atoms with Crippen molar-refractivity contribution in [2.45, 2.75) is 50.7 Å². The Labute approximate surface area is 233 Å². The van der Waals surface area contributed by atoms with Crippen LogP contribution in [0.4, 0.5) is 5.69 Å². The van der Waals surface area contributed by atoms with E-state index in [0.717, 1.165) is 57.2 Å². The van der Waals surface area contributed by atoms with Crippen LogP contribution in [0.3, 0.4) is 0 Å². The highest BCUT2D eigenvalue weighted by Gasteiger charge is 2.31. The van der Waals surface area contributed by atoms with Gasteiger partial charge >= 0.3 is 0 Å². The van der Waals surface area contributed by atoms with E-state index >= 15 is 0 Å². The van der Waals surface area contributed by atoms with Crippen molar-refractivity contribution in [3.8, 4) is 16.8 Å². The standard InChI is InChI=1S/C32H34N6O2/c1-20-30-25(22-17-21-5-2-3-7-27(21)36-19-22)6-4-8-29(30)38(37-20)24-9-10-26(31(34)39)28(18-24)35-16-15-32(40)13-11-23(33)12-14-32/h2-10,17-19,23,35,40H,11-16,33H2,1H3,(H2,34,39). The Hall–Kier alpha value is -4.27. The van der Waals surface area contributed by atoms with Gasteiger partial charge in [-0.25, -0.2) is 4.68 Å². The van der Waals surface area contributed by atoms with E-state index in [0.29, 0.717) is 37.1 Å². The molecule has 0 spiro atoms. The molecule has 3 aromatic carbocycles. The van der Waals surface area contributed by atoms with Crippen LogP contribution in [0.2, 0.25) is 0 Å². The van der Waals surface area contributed by atoms with Crippen LogP contribution in [0.15, 0.2) is 72.9 Å². The average Bonchev–Trinajstić information content (AvgIpc) is 3.31. The Morgan fingerprint density at radius 2 is 1.90 bits per heavy atom. The van der Waals surface area contributed by atoms with Gasteiger partial charge in [0.15, 0.2) is 0 Å². The van der Waals surface area contributed by atoms with E-state index in [-0.39, 0.29) is 6.04 Å². The van der Waals surface area contributed by atoms with Gasteiger partial charge in [-0.15, -0.1) is 0 Å². The second-order valence-corrected chi connectivity index (χ2v) is 10.9. The van der Waals surface area contributed by atoms with E-state index < -0.39 is 11.5 Å². The van der Waals surface area contributed by atoms with Crippen LogP contribution in [-0.2, 0) is 0 Å². The Bertz CT molecular complexity index is 1720. The number of aliphatic hydroxyl groups is 1. The van der Waals surface area contributed by atoms with Gasteiger partial charge in [0.1, 0.15) is 0 Å². The number of hydrogen-bond acceptors (Lipinski definition) is 6. The molecule has 1 saturated carbocycles. The van der Waals surface area contributed by atoms with Gasteiger partial charge in [-0.2, -0.15) is 5.10 Å². The first-order valence-electron chi connectivity index (χ1n) is 13.8. The van der Waals surface area contributed by atoms with Gasteiger partial charge in [0.25, 0.3) is 5.91 Å². The molecule has 1 aliphatic carbocycles. The van der Waals surface area contributed by atoms with Crippen molar-refractivity contribution in [3.63, 3.8) is 0 Å². The van der Waals surface area contributed by atoms with Gasteiger partial charge < -0.3 is 21.9 Å². The maximum Gasteiger partial charge on any atom is 0.250 e. The SMILES string of the molecule is Cc1nn(-c2ccc(C(N)=O)c(NCCC3(O)CCC(N)CC3)c2)c2cccc(-c3cnc4ccccc4c3)c12. The summed E-state index contributed by atoms with van der Waals surface area (Å²) >= 11 is 0. The fraction of sp³-hybridized carbons (Fsp3) is 0.281. The maximum absolute atomic E-state index is 12.2. The molecule has 8 heteroatoms. The zero-order valence-corrected chi connectivity index (χ0v) is 22.6. The maximum atomic E-state index is 12.2. The normalized spacial score (nSPS) is 19.2. The predicted molar refractivity (Wildman–Crippen MR) is 160 cm³/mol. The number of benzene rings is 3. The second kappa shape index (κ2) is 10.4. The minimum atomic E-state index is -0.739. The number of carbonyl (C=O) groups is 1. The molecule has 6 rings (SSSR count). The van der Waals surface area contributed by atoms with Crippen molar-refractivity contribution in [3.05, 3.63) is 84.2 Å². The summed E-state index contributed by atoms with van der Waals surface area (Å²) in [6, 6.07) is 22.1. The molecular weight excluding hydrogens is 500 g/mol. The van der Waals surface area contributed by atoms with Gasteiger partial charge in [-0.05, 0) is 81.0 Å². The minimum Gasteiger partial charge on any atom is -0.390 e. The van der Waals surface area contributed by atoms with Gasteiger partial charge in [-0.1, -0.05) is 30.3 Å². The smallest absolute Gasteiger partial charge is 0.250 e. The van der Waals surface area contributed by atoms with Crippen LogP contribution in [0.25, 0.3) is 38.6 Å². The van der Waals surface area contributed by atoms with E-state index in [2.05, 4.69) is 28.5 Å². The van der Waals surface area contributed by atoms with E-state index in [1.807, 2.05) is 60.3 Å². The summed E-state index contributed by atoms with van der Waals surface area (Å²) in [6.45, 7) is 2.51. The van der Waals surface area contributed by atoms with Crippen molar-refractivity contribution in [2.75, 3.05) is 11.9 Å². The van der Waals surface area contributed by atoms with Crippen molar-refractivity contribution in [2.24, 2.45) is 11.5 Å². The monoisotopic (exact) mass is 534 g/mol. The van der Waals surface area contributed by atoms with Gasteiger partial charge in [0.05, 0.1) is 33.6 Å². The van der Waals surface area contributed by atoms with Crippen LogP contribution < -0.4 is 16.8 Å². The van der Waals surface area contributed by atoms with Crippen LogP contribution in [0, 0.1) is 6.92 Å². The average molecular weight is 535 g/mol. The Morgan fingerprint density at radius 1 is 1.10 bits per heavy atom. The third-order valence-electron chi connectivity index (χ3n) is 8.16. The number of nitrogens with one attached hydrogen (secondary N) is 1. The highest BCUT2D eigenvalue weighted by Crippen LogP contribution is 2.34. The number of aryl methyl sites for hydroxylation is 1. The number of para-hydroxylation sites is 1. The number of carbonyl (C=O) groups excluding carboxylic acids is 1. The molecule has 1 amide bonds. The fourth-order valence-electron chi connectivity index (χ4n) is 5.89. The number of amides is 1. The summed E-state index contributed by atoms with van der Waals surface area (Å²) in [5.41, 5.74) is 17.7. The third kappa shape index (κ3) is 4.92. The molecule has 2 aromatic heterocycles. The summed E-state index contributed by atoms with van der Waals surface area (Å²) in [5, 5.41) is 21.4. The number of nitrogens with zero attached hydrogens (tertiary/aromatic N) is 3. The molecule has 5 aromatic rings. The van der Waals surface area contributed by atoms with E-state index in [1.54, 1.807) is 6.07 Å². The second-order valence-electron chi connectivity index (χ2n) is 10.9. The molecule has 40 heavy (non-hydrogen) atoms. The van der Waals surface area contributed by atoms with E-state index in [9.17, 15) is 9.90 Å². The Morgan fingerprint density at radius 3 is 2.70 bits per heavy atom. The third-order valence-corrected chi connectivity index (χ3v) is 8.16. The lowest BCUT2D eigenvalue weighted by atomic mass is 9.80. The van der Waals surface area contributed by atoms with Gasteiger partial charge in [0.2, 0.25) is 0 Å². The first-order chi connectivity index (χ1) is 19.3. The number of rotatable bonds is 7. The van der Waals surface area contributed by atoms with Crippen LogP contribution in [-0.4, -0.2) is 44.0 Å². The van der Waals surface area contributed by atoms with Gasteiger partial charge in [0, 0.05) is 40.8 Å². The summed E-state index contributed by atoms with van der Waals surface area (Å²) < 4.78 is 1.90. The van der Waals surface area contributed by atoms with Crippen molar-refractivity contribution in [1.29, 1.82) is 0 Å². The molecule has 0 atom stereocenters. The lowest BCUT2D eigenvalue weighted by Gasteiger charge is -2.35. The highest BCUT2D eigenvalue weighted by molar-refractivity contribution is 6.00. The number of nitrogens with two attached hydrogens (primary N) is 2. The van der Waals surface area contributed by atoms with Crippen LogP contribution in [0.5, 0.6) is 0 Å². The molecule has 0 saturated heterocycles. The van der Waals surface area contributed by atoms with Crippen molar-refractivity contribution < 1.29 is 9.90 Å². The van der Waals surface area contributed by atoms with Crippen LogP contribution >= 0.6 is 0 Å². The molecule has 8 nitrogen and oxygen atoms in total. The molecule has 1 aliphatic rings. The lowest BCUT2D eigenvalue weighted by Crippen LogP contribution is -2.40. The fourth-order valence-corrected chi connectivity index (χ4v) is 5.89. The Kier molecular flexibility index (Phi) is 6.73. The molecule has 0 unspecified atom stereocenters. The number of hydrogen-bond donors (Lipinski definition) is 4. The quantitative estimate of drug-likeness (QED) is 0.230. The Balaban J connectivity index is 1.34. The van der Waals surface area contributed by atoms with Crippen molar-refractivity contribution in [1.82, 2.24) is 14.8 Å². The molecule has 0 aliphatic heterocycles. The van der Waals surface area contributed by atoms with Crippen molar-refractivity contribution >= 4 is 33.4 Å². The summed E-state index contributed by atoms with van der Waals surface area (Å²) in [5.74, 6) is -0.510. The predicted octanol–water partition coefficient (Wildman–Crippen LogP) is 5.08. The zero-order valence-electron chi connectivity index (χ0n) is 22.6. The number of pyridine rings is 1. The molecule has 0 radical (unpaired) electrons. The molecule has 0 bridgehead atoms. The number of primary amides is 1. The first kappa shape index (κ1) is 26.0. The lowest BCUT2D eigenvalue weighted by molar-refractivity contribution is -0.00470. The molecule has 204 valence electrons. The van der Waals surface area contributed by atoms with E-state index in [1.165, 1.54) is 0 Å². The number of fused-ring (bicyclic) bond motifs is 2. The molecule has 2 heterocycles.